The van der Waals surface area contributed by atoms with Crippen LogP contribution in [0.2, 0.25) is 0 Å². The third-order valence-corrected chi connectivity index (χ3v) is 3.03. The number of aromatic nitrogens is 2. The predicted octanol–water partition coefficient (Wildman–Crippen LogP) is 2.58. The van der Waals surface area contributed by atoms with Gasteiger partial charge < -0.3 is 4.98 Å². The number of carbonyl (C=O) groups is 1. The highest BCUT2D eigenvalue weighted by Gasteiger charge is 1.98. The van der Waals surface area contributed by atoms with Crippen LogP contribution in [0.4, 0.5) is 0 Å². The lowest BCUT2D eigenvalue weighted by atomic mass is 10.2. The fraction of sp³-hybridized carbons (Fsp3) is 0.231. The van der Waals surface area contributed by atoms with Crippen LogP contribution in [0.25, 0.3) is 11.0 Å². The van der Waals surface area contributed by atoms with Gasteiger partial charge in [0.2, 0.25) is 0 Å². The zero-order chi connectivity index (χ0) is 12.1. The predicted molar refractivity (Wildman–Crippen MR) is 70.7 cm³/mol. The molecule has 2 aromatic rings. The number of H-pyrrole nitrogens is 1. The van der Waals surface area contributed by atoms with Gasteiger partial charge in [0.05, 0.1) is 0 Å². The fourth-order valence-corrected chi connectivity index (χ4v) is 1.96. The number of rotatable bonds is 2. The number of nitrogens with one attached hydrogen (secondary N) is 1. The van der Waals surface area contributed by atoms with E-state index >= 15 is 0 Å². The SMILES string of the molecule is CC(=O)SCCC#Cc1ccnc2[nH]ccc12. The average Bonchev–Trinajstić information content (AvgIpc) is 2.77. The normalized spacial score (nSPS) is 9.94. The highest BCUT2D eigenvalue weighted by atomic mass is 32.2. The third kappa shape index (κ3) is 3.11. The van der Waals surface area contributed by atoms with E-state index in [9.17, 15) is 4.79 Å². The van der Waals surface area contributed by atoms with Crippen molar-refractivity contribution < 1.29 is 4.79 Å². The van der Waals surface area contributed by atoms with E-state index in [1.165, 1.54) is 11.8 Å². The number of aromatic amines is 1. The zero-order valence-electron chi connectivity index (χ0n) is 9.49. The molecule has 0 fully saturated rings. The van der Waals surface area contributed by atoms with Crippen molar-refractivity contribution in [1.29, 1.82) is 0 Å². The number of hydrogen-bond donors (Lipinski definition) is 1. The molecule has 4 heteroatoms. The first-order valence-electron chi connectivity index (χ1n) is 5.31. The Morgan fingerprint density at radius 3 is 3.24 bits per heavy atom. The van der Waals surface area contributed by atoms with Crippen molar-refractivity contribution >= 4 is 27.9 Å². The monoisotopic (exact) mass is 244 g/mol. The molecular formula is C13H12N2OS. The topological polar surface area (TPSA) is 45.8 Å². The van der Waals surface area contributed by atoms with Crippen LogP contribution in [0.1, 0.15) is 18.9 Å². The molecule has 1 N–H and O–H groups in total. The zero-order valence-corrected chi connectivity index (χ0v) is 10.3. The van der Waals surface area contributed by atoms with Gasteiger partial charge in [0, 0.05) is 42.4 Å². The number of fused-ring (bicyclic) bond motifs is 1. The molecular weight excluding hydrogens is 232 g/mol. The minimum Gasteiger partial charge on any atom is -0.346 e. The molecule has 3 nitrogen and oxygen atoms in total. The number of hydrogen-bond acceptors (Lipinski definition) is 3. The van der Waals surface area contributed by atoms with Crippen LogP contribution in [-0.4, -0.2) is 20.8 Å². The van der Waals surface area contributed by atoms with Crippen molar-refractivity contribution in [3.63, 3.8) is 0 Å². The van der Waals surface area contributed by atoms with Crippen molar-refractivity contribution in [1.82, 2.24) is 9.97 Å². The Balaban J connectivity index is 2.05. The quantitative estimate of drug-likeness (QED) is 0.652. The van der Waals surface area contributed by atoms with E-state index in [0.717, 1.165) is 28.8 Å². The van der Waals surface area contributed by atoms with E-state index in [1.807, 2.05) is 18.3 Å². The van der Waals surface area contributed by atoms with Crippen LogP contribution >= 0.6 is 11.8 Å². The van der Waals surface area contributed by atoms with Crippen molar-refractivity contribution in [2.75, 3.05) is 5.75 Å². The van der Waals surface area contributed by atoms with E-state index < -0.39 is 0 Å². The molecule has 2 aromatic heterocycles. The lowest BCUT2D eigenvalue weighted by Crippen LogP contribution is -1.84. The van der Waals surface area contributed by atoms with E-state index in [4.69, 9.17) is 0 Å². The Hall–Kier alpha value is -1.73. The van der Waals surface area contributed by atoms with Crippen LogP contribution < -0.4 is 0 Å². The van der Waals surface area contributed by atoms with E-state index in [-0.39, 0.29) is 5.12 Å². The molecule has 2 rings (SSSR count). The first kappa shape index (κ1) is 11.7. The summed E-state index contributed by atoms with van der Waals surface area (Å²) in [5.74, 6) is 6.94. The number of pyridine rings is 1. The van der Waals surface area contributed by atoms with Crippen LogP contribution in [-0.2, 0) is 4.79 Å². The minimum absolute atomic E-state index is 0.142. The van der Waals surface area contributed by atoms with Gasteiger partial charge in [-0.2, -0.15) is 0 Å². The third-order valence-electron chi connectivity index (χ3n) is 2.22. The van der Waals surface area contributed by atoms with Gasteiger partial charge in [-0.1, -0.05) is 23.6 Å². The molecule has 17 heavy (non-hydrogen) atoms. The van der Waals surface area contributed by atoms with Gasteiger partial charge in [0.25, 0.3) is 0 Å². The van der Waals surface area contributed by atoms with Crippen LogP contribution in [0, 0.1) is 11.8 Å². The molecule has 0 spiro atoms. The summed E-state index contributed by atoms with van der Waals surface area (Å²) in [6, 6.07) is 3.87. The van der Waals surface area contributed by atoms with Crippen molar-refractivity contribution in [3.8, 4) is 11.8 Å². The van der Waals surface area contributed by atoms with Gasteiger partial charge in [-0.15, -0.1) is 0 Å². The maximum Gasteiger partial charge on any atom is 0.185 e. The lowest BCUT2D eigenvalue weighted by molar-refractivity contribution is -0.109. The highest BCUT2D eigenvalue weighted by Crippen LogP contribution is 2.13. The molecule has 2 heterocycles. The largest absolute Gasteiger partial charge is 0.346 e. The van der Waals surface area contributed by atoms with Gasteiger partial charge >= 0.3 is 0 Å². The van der Waals surface area contributed by atoms with Crippen LogP contribution in [0.15, 0.2) is 24.5 Å². The van der Waals surface area contributed by atoms with Gasteiger partial charge in [0.15, 0.2) is 5.12 Å². The first-order valence-corrected chi connectivity index (χ1v) is 6.30. The number of carbonyl (C=O) groups excluding carboxylic acids is 1. The minimum atomic E-state index is 0.142. The van der Waals surface area contributed by atoms with Gasteiger partial charge in [-0.3, -0.25) is 4.79 Å². The molecule has 0 atom stereocenters. The van der Waals surface area contributed by atoms with E-state index in [0.29, 0.717) is 0 Å². The molecule has 86 valence electrons. The van der Waals surface area contributed by atoms with Crippen LogP contribution in [0.3, 0.4) is 0 Å². The molecule has 0 saturated heterocycles. The van der Waals surface area contributed by atoms with E-state index in [1.54, 1.807) is 13.1 Å². The Bertz CT molecular complexity index is 592. The standard InChI is InChI=1S/C13H12N2OS/c1-10(16)17-9-3-2-4-11-5-7-14-13-12(11)6-8-15-13/h5-8H,3,9H2,1H3,(H,14,15). The summed E-state index contributed by atoms with van der Waals surface area (Å²) in [7, 11) is 0. The second-order valence-corrected chi connectivity index (χ2v) is 4.76. The summed E-state index contributed by atoms with van der Waals surface area (Å²) < 4.78 is 0. The molecule has 0 unspecified atom stereocenters. The summed E-state index contributed by atoms with van der Waals surface area (Å²) in [6.07, 6.45) is 4.32. The summed E-state index contributed by atoms with van der Waals surface area (Å²) in [5, 5.41) is 1.18. The van der Waals surface area contributed by atoms with Crippen molar-refractivity contribution in [3.05, 3.63) is 30.1 Å². The summed E-state index contributed by atoms with van der Waals surface area (Å²) >= 11 is 1.31. The summed E-state index contributed by atoms with van der Waals surface area (Å²) in [4.78, 5) is 18.0. The molecule has 0 amide bonds. The van der Waals surface area contributed by atoms with Crippen LogP contribution in [0.5, 0.6) is 0 Å². The number of thioether (sulfide) groups is 1. The lowest BCUT2D eigenvalue weighted by Gasteiger charge is -1.93. The fourth-order valence-electron chi connectivity index (χ4n) is 1.47. The Kier molecular flexibility index (Phi) is 3.84. The Morgan fingerprint density at radius 2 is 2.41 bits per heavy atom. The van der Waals surface area contributed by atoms with Gasteiger partial charge in [0.1, 0.15) is 5.65 Å². The molecule has 0 bridgehead atoms. The summed E-state index contributed by atoms with van der Waals surface area (Å²) in [6.45, 7) is 1.57. The molecule has 0 aliphatic carbocycles. The molecule has 0 aromatic carbocycles. The molecule has 0 aliphatic heterocycles. The summed E-state index contributed by atoms with van der Waals surface area (Å²) in [5.41, 5.74) is 1.83. The maximum atomic E-state index is 10.7. The van der Waals surface area contributed by atoms with Crippen molar-refractivity contribution in [2.45, 2.75) is 13.3 Å². The molecule has 0 radical (unpaired) electrons. The molecule has 0 aliphatic rings. The average molecular weight is 244 g/mol. The maximum absolute atomic E-state index is 10.7. The smallest absolute Gasteiger partial charge is 0.185 e. The van der Waals surface area contributed by atoms with Gasteiger partial charge in [-0.05, 0) is 12.1 Å². The van der Waals surface area contributed by atoms with E-state index in [2.05, 4.69) is 21.8 Å². The Morgan fingerprint density at radius 1 is 1.53 bits per heavy atom. The number of nitrogens with zero attached hydrogens (tertiary/aromatic N) is 1. The molecule has 0 saturated carbocycles. The van der Waals surface area contributed by atoms with Gasteiger partial charge in [-0.25, -0.2) is 4.98 Å². The first-order chi connectivity index (χ1) is 8.27. The highest BCUT2D eigenvalue weighted by molar-refractivity contribution is 8.13. The Labute approximate surface area is 104 Å². The second-order valence-electron chi connectivity index (χ2n) is 3.49. The second kappa shape index (κ2) is 5.55. The van der Waals surface area contributed by atoms with Crippen molar-refractivity contribution in [2.24, 2.45) is 0 Å².